The van der Waals surface area contributed by atoms with Crippen LogP contribution in [0, 0.1) is 11.8 Å². The van der Waals surface area contributed by atoms with Crippen molar-refractivity contribution in [3.8, 4) is 0 Å². The Morgan fingerprint density at radius 3 is 2.62 bits per heavy atom. The average Bonchev–Trinajstić information content (AvgIpc) is 2.97. The smallest absolute Gasteiger partial charge is 0.0890 e. The molecule has 0 radical (unpaired) electrons. The summed E-state index contributed by atoms with van der Waals surface area (Å²) in [5.74, 6) is -3.02. The lowest BCUT2D eigenvalue weighted by atomic mass is 10.1. The van der Waals surface area contributed by atoms with Crippen molar-refractivity contribution in [3.63, 3.8) is 0 Å². The standard InChI is InChI=1S/C14H10N2/c1-2-4-10-9(3-1)15-13-8-6-5-7-11(8)12(7)14(13)16-10/h1-8,11-12H/i5D,6D,7D,8D. The summed E-state index contributed by atoms with van der Waals surface area (Å²) in [7, 11) is 0. The minimum atomic E-state index is -1.34. The third-order valence-electron chi connectivity index (χ3n) is 3.69. The number of para-hydroxylation sites is 2. The zero-order chi connectivity index (χ0) is 13.9. The maximum atomic E-state index is 8.65. The molecule has 3 aliphatic rings. The lowest BCUT2D eigenvalue weighted by molar-refractivity contribution is 0.734. The molecule has 0 bridgehead atoms. The molecular weight excluding hydrogens is 196 g/mol. The number of benzene rings is 1. The monoisotopic (exact) mass is 210 g/mol. The van der Waals surface area contributed by atoms with Crippen molar-refractivity contribution in [2.24, 2.45) is 11.8 Å². The predicted octanol–water partition coefficient (Wildman–Crippen LogP) is 2.63. The van der Waals surface area contributed by atoms with E-state index in [9.17, 15) is 0 Å². The van der Waals surface area contributed by atoms with E-state index in [1.165, 1.54) is 0 Å². The molecule has 1 aromatic carbocycles. The van der Waals surface area contributed by atoms with Crippen molar-refractivity contribution in [2.75, 3.05) is 0 Å². The van der Waals surface area contributed by atoms with Gasteiger partial charge in [-0.2, -0.15) is 0 Å². The van der Waals surface area contributed by atoms with E-state index in [0.717, 1.165) is 5.52 Å². The molecule has 0 aliphatic heterocycles. The highest BCUT2D eigenvalue weighted by molar-refractivity contribution is 5.75. The van der Waals surface area contributed by atoms with E-state index < -0.39 is 11.8 Å². The van der Waals surface area contributed by atoms with Gasteiger partial charge in [-0.15, -0.1) is 0 Å². The second-order valence-corrected chi connectivity index (χ2v) is 4.52. The maximum Gasteiger partial charge on any atom is 0.0890 e. The van der Waals surface area contributed by atoms with Gasteiger partial charge in [0.05, 0.1) is 25.2 Å². The van der Waals surface area contributed by atoms with Gasteiger partial charge in [0.1, 0.15) is 0 Å². The molecular formula is C14H10N2. The Bertz CT molecular complexity index is 848. The van der Waals surface area contributed by atoms with Gasteiger partial charge in [0, 0.05) is 14.6 Å². The molecule has 1 aromatic heterocycles. The summed E-state index contributed by atoms with van der Waals surface area (Å²) in [6.45, 7) is 0. The van der Waals surface area contributed by atoms with Gasteiger partial charge in [-0.05, 0) is 23.9 Å². The number of rotatable bonds is 0. The molecule has 0 amide bonds. The topological polar surface area (TPSA) is 25.8 Å². The summed E-state index contributed by atoms with van der Waals surface area (Å²) >= 11 is 0. The molecule has 16 heavy (non-hydrogen) atoms. The number of aromatic nitrogens is 2. The van der Waals surface area contributed by atoms with Gasteiger partial charge in [-0.3, -0.25) is 0 Å². The Hall–Kier alpha value is -1.70. The molecule has 4 atom stereocenters. The molecule has 0 saturated heterocycles. The van der Waals surface area contributed by atoms with Crippen molar-refractivity contribution in [3.05, 3.63) is 47.8 Å². The lowest BCUT2D eigenvalue weighted by Gasteiger charge is -2.07. The molecule has 2 aromatic rings. The quantitative estimate of drug-likeness (QED) is 0.625. The van der Waals surface area contributed by atoms with Gasteiger partial charge in [-0.25, -0.2) is 9.97 Å². The second kappa shape index (κ2) is 2.19. The first-order valence-corrected chi connectivity index (χ1v) is 5.46. The van der Waals surface area contributed by atoms with Crippen LogP contribution in [0.3, 0.4) is 0 Å². The zero-order valence-corrected chi connectivity index (χ0v) is 8.36. The molecule has 0 N–H and O–H groups in total. The summed E-state index contributed by atoms with van der Waals surface area (Å²) < 4.78 is 33.1. The first-order valence-electron chi connectivity index (χ1n) is 7.46. The molecule has 0 spiro atoms. The fraction of sp³-hybridized carbons (Fsp3) is 0.286. The minimum absolute atomic E-state index is 0.0219. The van der Waals surface area contributed by atoms with Gasteiger partial charge in [0.2, 0.25) is 0 Å². The summed E-state index contributed by atoms with van der Waals surface area (Å²) in [4.78, 5) is 9.12. The van der Waals surface area contributed by atoms with E-state index in [4.69, 9.17) is 5.48 Å². The molecule has 4 unspecified atom stereocenters. The highest BCUT2D eigenvalue weighted by atomic mass is 14.9. The largest absolute Gasteiger partial charge is 0.249 e. The zero-order valence-electron chi connectivity index (χ0n) is 12.4. The average molecular weight is 210 g/mol. The van der Waals surface area contributed by atoms with Crippen molar-refractivity contribution >= 4 is 11.0 Å². The Morgan fingerprint density at radius 2 is 1.81 bits per heavy atom. The first kappa shape index (κ1) is 5.09. The highest BCUT2D eigenvalue weighted by Gasteiger charge is 2.63. The van der Waals surface area contributed by atoms with Crippen LogP contribution in [0.25, 0.3) is 11.0 Å². The SMILES string of the molecule is [2H]C1=C([2H])C2([2H])C3c4nc5ccccc5nc4C1([2H])C32. The van der Waals surface area contributed by atoms with Crippen molar-refractivity contribution < 1.29 is 5.48 Å². The van der Waals surface area contributed by atoms with Crippen molar-refractivity contribution in [2.45, 2.75) is 11.8 Å². The van der Waals surface area contributed by atoms with Gasteiger partial charge in [0.15, 0.2) is 0 Å². The summed E-state index contributed by atoms with van der Waals surface area (Å²) in [6, 6.07) is 7.36. The lowest BCUT2D eigenvalue weighted by Crippen LogP contribution is -2.00. The summed E-state index contributed by atoms with van der Waals surface area (Å²) in [5, 5.41) is 0. The van der Waals surface area contributed by atoms with Crippen LogP contribution < -0.4 is 0 Å². The van der Waals surface area contributed by atoms with E-state index in [1.807, 2.05) is 24.3 Å². The molecule has 1 heterocycles. The number of nitrogens with zero attached hydrogens (tertiary/aromatic N) is 2. The Kier molecular flexibility index (Phi) is 0.697. The number of hydrogen-bond acceptors (Lipinski definition) is 2. The number of fused-ring (bicyclic) bond motifs is 5. The van der Waals surface area contributed by atoms with Gasteiger partial charge in [-0.1, -0.05) is 24.2 Å². The molecule has 2 heteroatoms. The molecule has 3 aliphatic carbocycles. The van der Waals surface area contributed by atoms with E-state index >= 15 is 0 Å². The van der Waals surface area contributed by atoms with Gasteiger partial charge >= 0.3 is 0 Å². The molecule has 5 rings (SSSR count). The van der Waals surface area contributed by atoms with Crippen molar-refractivity contribution in [1.29, 1.82) is 0 Å². The van der Waals surface area contributed by atoms with Gasteiger partial charge < -0.3 is 0 Å². The van der Waals surface area contributed by atoms with E-state index in [-0.39, 0.29) is 23.9 Å². The third kappa shape index (κ3) is 0.673. The Labute approximate surface area is 98.7 Å². The van der Waals surface area contributed by atoms with Crippen LogP contribution >= 0.6 is 0 Å². The maximum absolute atomic E-state index is 8.65. The van der Waals surface area contributed by atoms with Gasteiger partial charge in [0.25, 0.3) is 0 Å². The van der Waals surface area contributed by atoms with Crippen LogP contribution in [0.1, 0.15) is 28.7 Å². The summed E-state index contributed by atoms with van der Waals surface area (Å²) in [5.41, 5.74) is 2.61. The minimum Gasteiger partial charge on any atom is -0.249 e. The van der Waals surface area contributed by atoms with Crippen LogP contribution in [0.4, 0.5) is 0 Å². The Balaban J connectivity index is 1.89. The van der Waals surface area contributed by atoms with Crippen LogP contribution in [0.15, 0.2) is 36.4 Å². The fourth-order valence-electron chi connectivity index (χ4n) is 2.90. The third-order valence-corrected chi connectivity index (χ3v) is 3.69. The van der Waals surface area contributed by atoms with E-state index in [1.54, 1.807) is 0 Å². The van der Waals surface area contributed by atoms with Crippen LogP contribution in [-0.4, -0.2) is 9.97 Å². The number of allylic oxidation sites excluding steroid dienone is 2. The fourth-order valence-corrected chi connectivity index (χ4v) is 2.90. The molecule has 1 fully saturated rings. The van der Waals surface area contributed by atoms with E-state index in [0.29, 0.717) is 16.9 Å². The van der Waals surface area contributed by atoms with Crippen molar-refractivity contribution in [1.82, 2.24) is 9.97 Å². The van der Waals surface area contributed by atoms with Crippen LogP contribution in [0.5, 0.6) is 0 Å². The molecule has 2 nitrogen and oxygen atoms in total. The normalized spacial score (nSPS) is 50.5. The van der Waals surface area contributed by atoms with E-state index in [2.05, 4.69) is 9.97 Å². The summed E-state index contributed by atoms with van der Waals surface area (Å²) in [6.07, 6.45) is 0. The molecule has 1 saturated carbocycles. The van der Waals surface area contributed by atoms with Crippen LogP contribution in [0.2, 0.25) is 0 Å². The van der Waals surface area contributed by atoms with Crippen LogP contribution in [-0.2, 0) is 0 Å². The Morgan fingerprint density at radius 1 is 1.06 bits per heavy atom. The second-order valence-electron chi connectivity index (χ2n) is 4.52. The highest BCUT2D eigenvalue weighted by Crippen LogP contribution is 2.70. The molecule has 76 valence electrons. The first-order chi connectivity index (χ1) is 9.50. The number of hydrogen-bond donors (Lipinski definition) is 0. The predicted molar refractivity (Wildman–Crippen MR) is 61.1 cm³/mol.